The molecule has 3 aromatic rings. The molecule has 0 aliphatic rings. The first-order valence-corrected chi connectivity index (χ1v) is 14.5. The van der Waals surface area contributed by atoms with E-state index in [-0.39, 0.29) is 17.3 Å². The van der Waals surface area contributed by atoms with Crippen LogP contribution in [0, 0.1) is 0 Å². The Morgan fingerprint density at radius 2 is 1.68 bits per heavy atom. The lowest BCUT2D eigenvalue weighted by atomic mass is 10.1. The van der Waals surface area contributed by atoms with E-state index in [4.69, 9.17) is 4.74 Å². The van der Waals surface area contributed by atoms with E-state index in [0.29, 0.717) is 28.9 Å². The molecule has 0 saturated carbocycles. The lowest BCUT2D eigenvalue weighted by Crippen LogP contribution is -2.52. The monoisotopic (exact) mass is 601 g/mol. The van der Waals surface area contributed by atoms with Crippen LogP contribution in [0.4, 0.5) is 5.69 Å². The number of ether oxygens (including phenoxy) is 1. The van der Waals surface area contributed by atoms with Crippen molar-refractivity contribution in [3.8, 4) is 5.75 Å². The molecular formula is C28H32BrN3O5S. The van der Waals surface area contributed by atoms with E-state index in [1.165, 1.54) is 17.0 Å². The molecule has 0 bridgehead atoms. The first-order chi connectivity index (χ1) is 18.2. The number of hydrogen-bond acceptors (Lipinski definition) is 5. The Morgan fingerprint density at radius 3 is 2.32 bits per heavy atom. The summed E-state index contributed by atoms with van der Waals surface area (Å²) in [4.78, 5) is 28.4. The van der Waals surface area contributed by atoms with Gasteiger partial charge in [0.1, 0.15) is 18.3 Å². The predicted octanol–water partition coefficient (Wildman–Crippen LogP) is 4.60. The van der Waals surface area contributed by atoms with Gasteiger partial charge in [-0.15, -0.1) is 0 Å². The van der Waals surface area contributed by atoms with Gasteiger partial charge < -0.3 is 15.0 Å². The first kappa shape index (κ1) is 29.2. The maximum absolute atomic E-state index is 14.0. The average molecular weight is 603 g/mol. The Hall–Kier alpha value is -3.37. The molecule has 3 rings (SSSR count). The zero-order valence-corrected chi connectivity index (χ0v) is 24.0. The molecule has 0 unspecified atom stereocenters. The number of rotatable bonds is 12. The third-order valence-electron chi connectivity index (χ3n) is 5.93. The summed E-state index contributed by atoms with van der Waals surface area (Å²) in [6, 6.07) is 21.1. The molecule has 2 amide bonds. The maximum Gasteiger partial charge on any atom is 0.264 e. The summed E-state index contributed by atoms with van der Waals surface area (Å²) in [6.45, 7) is 3.64. The number of benzene rings is 3. The van der Waals surface area contributed by atoms with Crippen molar-refractivity contribution in [2.24, 2.45) is 0 Å². The van der Waals surface area contributed by atoms with Crippen LogP contribution in [0.3, 0.4) is 0 Å². The normalized spacial score (nSPS) is 11.9. The van der Waals surface area contributed by atoms with Gasteiger partial charge in [0.05, 0.1) is 17.7 Å². The van der Waals surface area contributed by atoms with Crippen LogP contribution in [0.5, 0.6) is 5.75 Å². The van der Waals surface area contributed by atoms with Gasteiger partial charge in [-0.1, -0.05) is 59.3 Å². The second-order valence-electron chi connectivity index (χ2n) is 8.50. The van der Waals surface area contributed by atoms with Gasteiger partial charge in [-0.2, -0.15) is 0 Å². The van der Waals surface area contributed by atoms with Crippen LogP contribution < -0.4 is 14.4 Å². The second-order valence-corrected chi connectivity index (χ2v) is 11.3. The Kier molecular flexibility index (Phi) is 10.3. The molecule has 0 aromatic heterocycles. The van der Waals surface area contributed by atoms with Gasteiger partial charge >= 0.3 is 0 Å². The standard InChI is InChI=1S/C28H32BrN3O5S/c1-4-26(28(34)30-5-2)31(19-21-11-9-14-24(17-21)37-3)27(33)20-32(23-13-10-12-22(29)18-23)38(35,36)25-15-7-6-8-16-25/h6-18,26H,4-5,19-20H2,1-3H3,(H,30,34)/t26-/m0/s1. The van der Waals surface area contributed by atoms with Gasteiger partial charge in [0.15, 0.2) is 0 Å². The fraction of sp³-hybridized carbons (Fsp3) is 0.286. The van der Waals surface area contributed by atoms with E-state index in [1.54, 1.807) is 74.7 Å². The van der Waals surface area contributed by atoms with Gasteiger partial charge in [0.25, 0.3) is 10.0 Å². The van der Waals surface area contributed by atoms with Crippen molar-refractivity contribution in [1.82, 2.24) is 10.2 Å². The number of halogens is 1. The van der Waals surface area contributed by atoms with Crippen molar-refractivity contribution in [2.75, 3.05) is 24.5 Å². The summed E-state index contributed by atoms with van der Waals surface area (Å²) in [5.74, 6) is -0.194. The SMILES string of the molecule is CCNC(=O)[C@H](CC)N(Cc1cccc(OC)c1)C(=O)CN(c1cccc(Br)c1)S(=O)(=O)c1ccccc1. The summed E-state index contributed by atoms with van der Waals surface area (Å²) < 4.78 is 34.6. The molecule has 0 saturated heterocycles. The summed E-state index contributed by atoms with van der Waals surface area (Å²) >= 11 is 3.40. The molecule has 1 N–H and O–H groups in total. The molecule has 1 atom stereocenters. The van der Waals surface area contributed by atoms with Gasteiger partial charge in [-0.25, -0.2) is 8.42 Å². The molecule has 8 nitrogen and oxygen atoms in total. The third kappa shape index (κ3) is 7.14. The number of carbonyl (C=O) groups excluding carboxylic acids is 2. The van der Waals surface area contributed by atoms with E-state index in [1.807, 2.05) is 13.0 Å². The van der Waals surface area contributed by atoms with Gasteiger partial charge in [0.2, 0.25) is 11.8 Å². The number of amides is 2. The molecule has 0 aliphatic carbocycles. The van der Waals surface area contributed by atoms with Crippen LogP contribution >= 0.6 is 15.9 Å². The summed E-state index contributed by atoms with van der Waals surface area (Å²) in [5.41, 5.74) is 1.07. The van der Waals surface area contributed by atoms with E-state index in [2.05, 4.69) is 21.2 Å². The van der Waals surface area contributed by atoms with Crippen molar-refractivity contribution in [3.05, 3.63) is 88.9 Å². The molecule has 0 spiro atoms. The van der Waals surface area contributed by atoms with Gasteiger partial charge in [0, 0.05) is 17.6 Å². The van der Waals surface area contributed by atoms with E-state index < -0.39 is 28.5 Å². The minimum Gasteiger partial charge on any atom is -0.497 e. The Bertz CT molecular complexity index is 1350. The highest BCUT2D eigenvalue weighted by atomic mass is 79.9. The average Bonchev–Trinajstić information content (AvgIpc) is 2.92. The van der Waals surface area contributed by atoms with Crippen LogP contribution in [0.15, 0.2) is 88.2 Å². The molecule has 202 valence electrons. The number of nitrogens with zero attached hydrogens (tertiary/aromatic N) is 2. The van der Waals surface area contributed by atoms with Crippen molar-refractivity contribution >= 4 is 43.5 Å². The van der Waals surface area contributed by atoms with Crippen molar-refractivity contribution in [1.29, 1.82) is 0 Å². The Morgan fingerprint density at radius 1 is 0.974 bits per heavy atom. The highest BCUT2D eigenvalue weighted by Gasteiger charge is 2.33. The fourth-order valence-electron chi connectivity index (χ4n) is 4.06. The Balaban J connectivity index is 2.06. The minimum atomic E-state index is -4.10. The van der Waals surface area contributed by atoms with Gasteiger partial charge in [-0.3, -0.25) is 13.9 Å². The van der Waals surface area contributed by atoms with E-state index >= 15 is 0 Å². The lowest BCUT2D eigenvalue weighted by Gasteiger charge is -2.33. The molecule has 0 heterocycles. The number of carbonyl (C=O) groups is 2. The highest BCUT2D eigenvalue weighted by molar-refractivity contribution is 9.10. The number of methoxy groups -OCH3 is 1. The van der Waals surface area contributed by atoms with E-state index in [9.17, 15) is 18.0 Å². The molecule has 0 fully saturated rings. The smallest absolute Gasteiger partial charge is 0.264 e. The van der Waals surface area contributed by atoms with E-state index in [0.717, 1.165) is 9.87 Å². The van der Waals surface area contributed by atoms with Crippen molar-refractivity contribution < 1.29 is 22.7 Å². The Labute approximate surface area is 232 Å². The van der Waals surface area contributed by atoms with Crippen LogP contribution in [0.2, 0.25) is 0 Å². The molecule has 0 radical (unpaired) electrons. The highest BCUT2D eigenvalue weighted by Crippen LogP contribution is 2.27. The molecule has 38 heavy (non-hydrogen) atoms. The molecular weight excluding hydrogens is 570 g/mol. The predicted molar refractivity (Wildman–Crippen MR) is 151 cm³/mol. The number of anilines is 1. The number of sulfonamides is 1. The third-order valence-corrected chi connectivity index (χ3v) is 8.21. The summed E-state index contributed by atoms with van der Waals surface area (Å²) in [6.07, 6.45) is 0.351. The minimum absolute atomic E-state index is 0.0582. The van der Waals surface area contributed by atoms with Crippen molar-refractivity contribution in [2.45, 2.75) is 37.8 Å². The summed E-state index contributed by atoms with van der Waals surface area (Å²) in [5, 5.41) is 2.79. The van der Waals surface area contributed by atoms with Crippen LogP contribution in [-0.2, 0) is 26.2 Å². The van der Waals surface area contributed by atoms with Crippen LogP contribution in [0.25, 0.3) is 0 Å². The fourth-order valence-corrected chi connectivity index (χ4v) is 5.87. The van der Waals surface area contributed by atoms with Crippen molar-refractivity contribution in [3.63, 3.8) is 0 Å². The number of hydrogen-bond donors (Lipinski definition) is 1. The molecule has 3 aromatic carbocycles. The second kappa shape index (κ2) is 13.4. The summed E-state index contributed by atoms with van der Waals surface area (Å²) in [7, 11) is -2.55. The van der Waals surface area contributed by atoms with Crippen LogP contribution in [0.1, 0.15) is 25.8 Å². The van der Waals surface area contributed by atoms with Gasteiger partial charge in [-0.05, 0) is 61.4 Å². The maximum atomic E-state index is 14.0. The number of likely N-dealkylation sites (N-methyl/N-ethyl adjacent to an activating group) is 1. The quantitative estimate of drug-likeness (QED) is 0.327. The zero-order chi connectivity index (χ0) is 27.7. The topological polar surface area (TPSA) is 96.0 Å². The molecule has 0 aliphatic heterocycles. The number of nitrogens with one attached hydrogen (secondary N) is 1. The van der Waals surface area contributed by atoms with Crippen LogP contribution in [-0.4, -0.2) is 51.4 Å². The largest absolute Gasteiger partial charge is 0.497 e. The lowest BCUT2D eigenvalue weighted by molar-refractivity contribution is -0.140. The molecule has 10 heteroatoms. The first-order valence-electron chi connectivity index (χ1n) is 12.2. The zero-order valence-electron chi connectivity index (χ0n) is 21.6.